The first-order valence-electron chi connectivity index (χ1n) is 13.0. The number of benzene rings is 2. The van der Waals surface area contributed by atoms with Crippen LogP contribution in [-0.2, 0) is 31.2 Å². The second kappa shape index (κ2) is 11.1. The number of hydrogen-bond acceptors (Lipinski definition) is 0. The van der Waals surface area contributed by atoms with Gasteiger partial charge in [0, 0.05) is 0 Å². The maximum atomic E-state index is 2.57. The van der Waals surface area contributed by atoms with Crippen molar-refractivity contribution in [3.63, 3.8) is 0 Å². The molecular formula is C31H40Cl2SiZr. The molecule has 0 radical (unpaired) electrons. The van der Waals surface area contributed by atoms with Gasteiger partial charge in [0.25, 0.3) is 0 Å². The molecule has 0 amide bonds. The topological polar surface area (TPSA) is 0 Å². The predicted molar refractivity (Wildman–Crippen MR) is 142 cm³/mol. The smallest absolute Gasteiger partial charge is 1.00 e. The van der Waals surface area contributed by atoms with E-state index in [9.17, 15) is 0 Å². The summed E-state index contributed by atoms with van der Waals surface area (Å²) in [7, 11) is 0. The zero-order valence-electron chi connectivity index (χ0n) is 22.3. The fourth-order valence-corrected chi connectivity index (χ4v) is 30.1. The fraction of sp³-hybridized carbons (Fsp3) is 0.484. The minimum atomic E-state index is -1.87. The van der Waals surface area contributed by atoms with E-state index >= 15 is 0 Å². The zero-order chi connectivity index (χ0) is 23.4. The molecule has 2 aromatic rings. The van der Waals surface area contributed by atoms with Crippen molar-refractivity contribution in [3.05, 3.63) is 80.2 Å². The predicted octanol–water partition coefficient (Wildman–Crippen LogP) is 3.00. The monoisotopic (exact) mass is 600 g/mol. The van der Waals surface area contributed by atoms with Crippen LogP contribution in [0.15, 0.2) is 57.9 Å². The van der Waals surface area contributed by atoms with Crippen molar-refractivity contribution in [3.8, 4) is 11.1 Å². The van der Waals surface area contributed by atoms with Gasteiger partial charge in [0.1, 0.15) is 0 Å². The summed E-state index contributed by atoms with van der Waals surface area (Å²) in [4.78, 5) is 0. The van der Waals surface area contributed by atoms with E-state index in [0.29, 0.717) is 0 Å². The number of rotatable bonds is 2. The van der Waals surface area contributed by atoms with Crippen LogP contribution in [0.5, 0.6) is 0 Å². The van der Waals surface area contributed by atoms with Crippen LogP contribution in [0.25, 0.3) is 11.1 Å². The van der Waals surface area contributed by atoms with Gasteiger partial charge in [0.05, 0.1) is 0 Å². The second-order valence-corrected chi connectivity index (χ2v) is 28.1. The first-order chi connectivity index (χ1) is 15.6. The summed E-state index contributed by atoms with van der Waals surface area (Å²) in [6.07, 6.45) is 13.1. The van der Waals surface area contributed by atoms with E-state index in [1.165, 1.54) is 36.8 Å². The van der Waals surface area contributed by atoms with Crippen molar-refractivity contribution in [1.29, 1.82) is 0 Å². The summed E-state index contributed by atoms with van der Waals surface area (Å²) in [5, 5.41) is 0. The van der Waals surface area contributed by atoms with E-state index in [-0.39, 0.29) is 41.1 Å². The van der Waals surface area contributed by atoms with E-state index in [1.54, 1.807) is 34.3 Å². The van der Waals surface area contributed by atoms with Crippen molar-refractivity contribution in [2.45, 2.75) is 93.8 Å². The Kier molecular flexibility index (Phi) is 9.29. The molecule has 0 spiro atoms. The van der Waals surface area contributed by atoms with Crippen LogP contribution < -0.4 is 24.8 Å². The second-order valence-electron chi connectivity index (χ2n) is 12.4. The largest absolute Gasteiger partial charge is 1.00 e. The van der Waals surface area contributed by atoms with Gasteiger partial charge in [-0.1, -0.05) is 0 Å². The van der Waals surface area contributed by atoms with Gasteiger partial charge in [0.2, 0.25) is 0 Å². The van der Waals surface area contributed by atoms with Gasteiger partial charge in [-0.3, -0.25) is 0 Å². The van der Waals surface area contributed by atoms with E-state index in [4.69, 9.17) is 0 Å². The average molecular weight is 603 g/mol. The Balaban J connectivity index is 0.00000171. The van der Waals surface area contributed by atoms with Crippen molar-refractivity contribution in [2.24, 2.45) is 0 Å². The Morgan fingerprint density at radius 3 is 1.69 bits per heavy atom. The molecule has 0 bridgehead atoms. The molecule has 0 saturated carbocycles. The normalized spacial score (nSPS) is 17.1. The van der Waals surface area contributed by atoms with Crippen LogP contribution >= 0.6 is 0 Å². The van der Waals surface area contributed by atoms with Crippen molar-refractivity contribution in [2.75, 3.05) is 0 Å². The first-order valence-corrected chi connectivity index (χ1v) is 21.3. The van der Waals surface area contributed by atoms with Gasteiger partial charge in [-0.2, -0.15) is 0 Å². The van der Waals surface area contributed by atoms with Crippen molar-refractivity contribution >= 4 is 5.43 Å². The fourth-order valence-electron chi connectivity index (χ4n) is 6.01. The van der Waals surface area contributed by atoms with Gasteiger partial charge in [-0.25, -0.2) is 0 Å². The molecule has 4 heteroatoms. The van der Waals surface area contributed by atoms with Crippen LogP contribution in [0, 0.1) is 0 Å². The van der Waals surface area contributed by atoms with Crippen molar-refractivity contribution in [1.82, 2.24) is 0 Å². The van der Waals surface area contributed by atoms with Crippen LogP contribution in [0.3, 0.4) is 0 Å². The van der Waals surface area contributed by atoms with Gasteiger partial charge in [-0.15, -0.1) is 0 Å². The number of hydrogen-bond donors (Lipinski definition) is 0. The van der Waals surface area contributed by atoms with E-state index in [1.807, 2.05) is 3.28 Å². The molecule has 0 atom stereocenters. The van der Waals surface area contributed by atoms with Crippen LogP contribution in [0.4, 0.5) is 0 Å². The first kappa shape index (κ1) is 29.2. The van der Waals surface area contributed by atoms with E-state index in [0.717, 1.165) is 3.63 Å². The van der Waals surface area contributed by atoms with E-state index < -0.39 is 20.4 Å². The SMILES string of the molecule is CC(C)(C)c1ccc2c(c1)-c1cc(C(C)(C)C)ccc1[CH]2[Zr+2]([C]1=CC=CC1)=[Si]1CCCCC1.[Cl-].[Cl-]. The third kappa shape index (κ3) is 5.72. The minimum absolute atomic E-state index is 0. The molecule has 0 nitrogen and oxygen atoms in total. The molecule has 1 saturated heterocycles. The Labute approximate surface area is 234 Å². The summed E-state index contributed by atoms with van der Waals surface area (Å²) in [5.41, 5.74) is 9.62. The average Bonchev–Trinajstić information content (AvgIpc) is 3.40. The van der Waals surface area contributed by atoms with Crippen molar-refractivity contribution < 1.29 is 45.2 Å². The third-order valence-corrected chi connectivity index (χ3v) is 29.1. The molecule has 2 aromatic carbocycles. The molecule has 0 N–H and O–H groups in total. The molecule has 0 aromatic heterocycles. The van der Waals surface area contributed by atoms with Gasteiger partial charge in [0.15, 0.2) is 0 Å². The molecule has 3 aliphatic rings. The van der Waals surface area contributed by atoms with Crippen LogP contribution in [-0.4, -0.2) is 5.43 Å². The Morgan fingerprint density at radius 1 is 0.743 bits per heavy atom. The Hall–Kier alpha value is -0.400. The summed E-state index contributed by atoms with van der Waals surface area (Å²) in [5.74, 6) is 0. The molecule has 1 aliphatic heterocycles. The van der Waals surface area contributed by atoms with Crippen LogP contribution in [0.2, 0.25) is 12.1 Å². The molecule has 5 rings (SSSR count). The minimum Gasteiger partial charge on any atom is -1.00 e. The Morgan fingerprint density at radius 2 is 1.26 bits per heavy atom. The van der Waals surface area contributed by atoms with E-state index in [2.05, 4.69) is 96.2 Å². The van der Waals surface area contributed by atoms with Crippen LogP contribution in [0.1, 0.15) is 93.1 Å². The summed E-state index contributed by atoms with van der Waals surface area (Å²) in [6, 6.07) is 18.3. The summed E-state index contributed by atoms with van der Waals surface area (Å²) < 4.78 is 2.65. The number of allylic oxidation sites excluding steroid dienone is 4. The summed E-state index contributed by atoms with van der Waals surface area (Å²) in [6.45, 7) is 14.1. The number of fused-ring (bicyclic) bond motifs is 3. The molecule has 0 unspecified atom stereocenters. The molecule has 186 valence electrons. The van der Waals surface area contributed by atoms with Gasteiger partial charge < -0.3 is 24.8 Å². The quantitative estimate of drug-likeness (QED) is 0.464. The molecule has 35 heavy (non-hydrogen) atoms. The van der Waals surface area contributed by atoms with Gasteiger partial charge >= 0.3 is 211 Å². The summed E-state index contributed by atoms with van der Waals surface area (Å²) >= 11 is -1.87. The zero-order valence-corrected chi connectivity index (χ0v) is 27.2. The molecule has 1 heterocycles. The maximum absolute atomic E-state index is 2.57. The molecule has 1 fully saturated rings. The molecule has 2 aliphatic carbocycles. The van der Waals surface area contributed by atoms with Gasteiger partial charge in [-0.05, 0) is 0 Å². The standard InChI is InChI=1S/C21H25.C5H10Si.C5H5.2ClH.Zr/c1-20(2,3)16-9-7-14-11-15-8-10-17(21(4,5)6)13-19(15)18(14)12-16;1-2-4-6-5-3-1;1-2-4-5-3-1;;;/h7-13H,1-6H3;1-5H2;1-3H,4H2;2*1H;/q;;;;;+2/p-2. The Bertz CT molecular complexity index is 1120. The molecular weight excluding hydrogens is 563 g/mol. The number of halogens is 2. The maximum Gasteiger partial charge on any atom is -1.00 e. The third-order valence-electron chi connectivity index (χ3n) is 7.99.